The highest BCUT2D eigenvalue weighted by atomic mass is 127. The topological polar surface area (TPSA) is 52.7 Å². The van der Waals surface area contributed by atoms with Crippen molar-refractivity contribution >= 4 is 22.6 Å². The predicted molar refractivity (Wildman–Crippen MR) is 68.2 cm³/mol. The van der Waals surface area contributed by atoms with Crippen LogP contribution in [0.3, 0.4) is 0 Å². The summed E-state index contributed by atoms with van der Waals surface area (Å²) in [5.74, 6) is 0. The average Bonchev–Trinajstić information content (AvgIpc) is 2.69. The van der Waals surface area contributed by atoms with E-state index in [1.807, 2.05) is 11.5 Å². The summed E-state index contributed by atoms with van der Waals surface area (Å²) in [6, 6.07) is 1.57. The van der Waals surface area contributed by atoms with Crippen molar-refractivity contribution in [1.29, 1.82) is 0 Å². The molecule has 2 rings (SSSR count). The smallest absolute Gasteiger partial charge is 0.268 e. The molecule has 0 fully saturated rings. The van der Waals surface area contributed by atoms with Crippen LogP contribution in [0, 0.1) is 3.57 Å². The van der Waals surface area contributed by atoms with Gasteiger partial charge in [-0.2, -0.15) is 5.10 Å². The van der Waals surface area contributed by atoms with Crippen LogP contribution >= 0.6 is 22.6 Å². The number of aryl methyl sites for hydroxylation is 1. The molecule has 0 atom stereocenters. The van der Waals surface area contributed by atoms with E-state index in [4.69, 9.17) is 0 Å². The van der Waals surface area contributed by atoms with Crippen LogP contribution in [-0.2, 0) is 13.1 Å². The molecule has 0 aliphatic heterocycles. The largest absolute Gasteiger partial charge is 0.333 e. The van der Waals surface area contributed by atoms with Crippen molar-refractivity contribution in [2.75, 3.05) is 0 Å². The van der Waals surface area contributed by atoms with Gasteiger partial charge in [-0.3, -0.25) is 4.79 Å². The van der Waals surface area contributed by atoms with Crippen LogP contribution in [0.25, 0.3) is 0 Å². The van der Waals surface area contributed by atoms with Crippen molar-refractivity contribution in [2.24, 2.45) is 0 Å². The van der Waals surface area contributed by atoms with E-state index in [1.54, 1.807) is 24.8 Å². The highest BCUT2D eigenvalue weighted by molar-refractivity contribution is 14.1. The van der Waals surface area contributed by atoms with E-state index in [2.05, 4.69) is 32.7 Å². The Kier molecular flexibility index (Phi) is 3.37. The number of aromatic nitrogens is 4. The van der Waals surface area contributed by atoms with Crippen LogP contribution in [0.4, 0.5) is 0 Å². The zero-order valence-corrected chi connectivity index (χ0v) is 11.0. The van der Waals surface area contributed by atoms with E-state index >= 15 is 0 Å². The number of hydrogen-bond donors (Lipinski definition) is 0. The zero-order chi connectivity index (χ0) is 11.5. The van der Waals surface area contributed by atoms with Gasteiger partial charge in [-0.05, 0) is 29.5 Å². The molecule has 5 nitrogen and oxygen atoms in total. The molecule has 0 saturated heterocycles. The molecule has 16 heavy (non-hydrogen) atoms. The Balaban J connectivity index is 2.31. The van der Waals surface area contributed by atoms with Crippen LogP contribution in [0.15, 0.2) is 29.6 Å². The van der Waals surface area contributed by atoms with E-state index in [0.717, 1.165) is 15.8 Å². The van der Waals surface area contributed by atoms with Gasteiger partial charge in [-0.15, -0.1) is 0 Å². The van der Waals surface area contributed by atoms with Crippen molar-refractivity contribution in [1.82, 2.24) is 19.3 Å². The highest BCUT2D eigenvalue weighted by Gasteiger charge is 2.04. The Labute approximate surface area is 106 Å². The molecule has 0 amide bonds. The summed E-state index contributed by atoms with van der Waals surface area (Å²) in [7, 11) is 0. The van der Waals surface area contributed by atoms with Crippen molar-refractivity contribution in [3.8, 4) is 0 Å². The molecular weight excluding hydrogens is 319 g/mol. The molecular formula is C10H11IN4O. The monoisotopic (exact) mass is 330 g/mol. The molecule has 0 saturated carbocycles. The third-order valence-corrected chi connectivity index (χ3v) is 2.88. The summed E-state index contributed by atoms with van der Waals surface area (Å²) in [5, 5.41) is 4.08. The summed E-state index contributed by atoms with van der Waals surface area (Å²) in [5.41, 5.74) is 0.897. The first-order valence-electron chi connectivity index (χ1n) is 4.92. The first-order valence-corrected chi connectivity index (χ1v) is 6.00. The summed E-state index contributed by atoms with van der Waals surface area (Å²) < 4.78 is 4.28. The van der Waals surface area contributed by atoms with E-state index in [1.165, 1.54) is 4.68 Å². The van der Waals surface area contributed by atoms with Crippen LogP contribution in [0.5, 0.6) is 0 Å². The lowest BCUT2D eigenvalue weighted by Crippen LogP contribution is -2.23. The second kappa shape index (κ2) is 4.77. The molecule has 6 heteroatoms. The first-order chi connectivity index (χ1) is 7.70. The Morgan fingerprint density at radius 2 is 2.25 bits per heavy atom. The van der Waals surface area contributed by atoms with E-state index in [-0.39, 0.29) is 5.56 Å². The van der Waals surface area contributed by atoms with Gasteiger partial charge in [-0.25, -0.2) is 9.67 Å². The van der Waals surface area contributed by atoms with Crippen LogP contribution in [-0.4, -0.2) is 19.3 Å². The molecule has 0 aliphatic carbocycles. The third-order valence-electron chi connectivity index (χ3n) is 2.29. The van der Waals surface area contributed by atoms with Crippen molar-refractivity contribution in [3.05, 3.63) is 44.4 Å². The normalized spacial score (nSPS) is 10.6. The standard InChI is InChI=1S/C10H11IN4O/c1-2-14-7-12-5-9(14)6-15-10(16)3-8(11)4-13-15/h3-5,7H,2,6H2,1H3. The third kappa shape index (κ3) is 2.31. The molecule has 2 heterocycles. The Morgan fingerprint density at radius 1 is 1.44 bits per heavy atom. The second-order valence-corrected chi connectivity index (χ2v) is 4.59. The molecule has 2 aromatic heterocycles. The Hall–Kier alpha value is -1.18. The van der Waals surface area contributed by atoms with Gasteiger partial charge in [0.15, 0.2) is 0 Å². The summed E-state index contributed by atoms with van der Waals surface area (Å²) in [6.07, 6.45) is 5.19. The van der Waals surface area contributed by atoms with E-state index < -0.39 is 0 Å². The molecule has 0 N–H and O–H groups in total. The highest BCUT2D eigenvalue weighted by Crippen LogP contribution is 2.01. The fourth-order valence-electron chi connectivity index (χ4n) is 1.45. The van der Waals surface area contributed by atoms with Gasteiger partial charge in [0.2, 0.25) is 0 Å². The maximum atomic E-state index is 11.6. The summed E-state index contributed by atoms with van der Waals surface area (Å²) in [6.45, 7) is 3.34. The first kappa shape index (κ1) is 11.3. The quantitative estimate of drug-likeness (QED) is 0.793. The van der Waals surface area contributed by atoms with Gasteiger partial charge in [-0.1, -0.05) is 0 Å². The van der Waals surface area contributed by atoms with Gasteiger partial charge in [0.25, 0.3) is 5.56 Å². The molecule has 0 aliphatic rings. The van der Waals surface area contributed by atoms with Crippen molar-refractivity contribution in [3.63, 3.8) is 0 Å². The molecule has 2 aromatic rings. The second-order valence-electron chi connectivity index (χ2n) is 3.34. The Bertz CT molecular complexity index is 546. The molecule has 84 valence electrons. The molecule has 0 radical (unpaired) electrons. The van der Waals surface area contributed by atoms with E-state index in [9.17, 15) is 4.79 Å². The molecule has 0 unspecified atom stereocenters. The fraction of sp³-hybridized carbons (Fsp3) is 0.300. The lowest BCUT2D eigenvalue weighted by Gasteiger charge is -2.06. The van der Waals surface area contributed by atoms with Crippen LogP contribution < -0.4 is 5.56 Å². The van der Waals surface area contributed by atoms with Crippen LogP contribution in [0.1, 0.15) is 12.6 Å². The minimum atomic E-state index is -0.0873. The summed E-state index contributed by atoms with van der Waals surface area (Å²) in [4.78, 5) is 15.7. The molecule has 0 aromatic carbocycles. The number of rotatable bonds is 3. The fourth-order valence-corrected chi connectivity index (χ4v) is 1.84. The van der Waals surface area contributed by atoms with Gasteiger partial charge >= 0.3 is 0 Å². The van der Waals surface area contributed by atoms with E-state index in [0.29, 0.717) is 6.54 Å². The number of hydrogen-bond acceptors (Lipinski definition) is 3. The summed E-state index contributed by atoms with van der Waals surface area (Å²) >= 11 is 2.07. The number of nitrogens with zero attached hydrogens (tertiary/aromatic N) is 4. The van der Waals surface area contributed by atoms with Crippen LogP contribution in [0.2, 0.25) is 0 Å². The van der Waals surface area contributed by atoms with Gasteiger partial charge in [0, 0.05) is 16.2 Å². The molecule has 0 bridgehead atoms. The van der Waals surface area contributed by atoms with Gasteiger partial charge in [0.05, 0.1) is 31.0 Å². The maximum Gasteiger partial charge on any atom is 0.268 e. The van der Waals surface area contributed by atoms with Gasteiger partial charge < -0.3 is 4.57 Å². The SMILES string of the molecule is CCn1cncc1Cn1ncc(I)cc1=O. The number of halogens is 1. The lowest BCUT2D eigenvalue weighted by molar-refractivity contribution is 0.592. The minimum absolute atomic E-state index is 0.0873. The molecule has 0 spiro atoms. The maximum absolute atomic E-state index is 11.6. The minimum Gasteiger partial charge on any atom is -0.333 e. The van der Waals surface area contributed by atoms with Crippen molar-refractivity contribution < 1.29 is 0 Å². The average molecular weight is 330 g/mol. The predicted octanol–water partition coefficient (Wildman–Crippen LogP) is 1.11. The lowest BCUT2D eigenvalue weighted by atomic mass is 10.4. The van der Waals surface area contributed by atoms with Gasteiger partial charge in [0.1, 0.15) is 0 Å². The zero-order valence-electron chi connectivity index (χ0n) is 8.80. The van der Waals surface area contributed by atoms with Crippen molar-refractivity contribution in [2.45, 2.75) is 20.0 Å². The Morgan fingerprint density at radius 3 is 2.94 bits per heavy atom. The number of imidazole rings is 1.